The van der Waals surface area contributed by atoms with Crippen LogP contribution in [0.15, 0.2) is 24.3 Å². The first kappa shape index (κ1) is 12.2. The zero-order valence-electron chi connectivity index (χ0n) is 11.4. The third-order valence-electron chi connectivity index (χ3n) is 3.66. The second-order valence-corrected chi connectivity index (χ2v) is 5.10. The Morgan fingerprint density at radius 2 is 2.26 bits per heavy atom. The largest absolute Gasteiger partial charge is 0.493 e. The van der Waals surface area contributed by atoms with E-state index in [4.69, 9.17) is 10.5 Å². The van der Waals surface area contributed by atoms with Gasteiger partial charge in [0.15, 0.2) is 0 Å². The first-order valence-corrected chi connectivity index (χ1v) is 6.67. The number of nitrogens with zero attached hydrogens (tertiary/aromatic N) is 2. The molecule has 0 saturated carbocycles. The molecule has 0 amide bonds. The molecule has 4 nitrogen and oxygen atoms in total. The highest BCUT2D eigenvalue weighted by atomic mass is 16.5. The van der Waals surface area contributed by atoms with Gasteiger partial charge in [0.05, 0.1) is 24.0 Å². The lowest BCUT2D eigenvalue weighted by Crippen LogP contribution is -2.19. The van der Waals surface area contributed by atoms with Gasteiger partial charge in [-0.2, -0.15) is 5.10 Å². The van der Waals surface area contributed by atoms with E-state index in [1.165, 1.54) is 5.56 Å². The van der Waals surface area contributed by atoms with Crippen LogP contribution in [0.25, 0.3) is 0 Å². The van der Waals surface area contributed by atoms with E-state index in [2.05, 4.69) is 23.3 Å². The van der Waals surface area contributed by atoms with Crippen molar-refractivity contribution in [2.45, 2.75) is 25.8 Å². The molecule has 1 aliphatic rings. The van der Waals surface area contributed by atoms with E-state index in [0.29, 0.717) is 0 Å². The number of aryl methyl sites for hydroxylation is 3. The molecule has 0 fully saturated rings. The third-order valence-corrected chi connectivity index (χ3v) is 3.66. The predicted octanol–water partition coefficient (Wildman–Crippen LogP) is 2.10. The average molecular weight is 257 g/mol. The lowest BCUT2D eigenvalue weighted by molar-refractivity contribution is 0.284. The van der Waals surface area contributed by atoms with E-state index in [0.717, 1.165) is 42.1 Å². The van der Waals surface area contributed by atoms with Gasteiger partial charge in [-0.25, -0.2) is 0 Å². The Balaban J connectivity index is 2.04. The molecule has 0 radical (unpaired) electrons. The second-order valence-electron chi connectivity index (χ2n) is 5.10. The average Bonchev–Trinajstić information content (AvgIpc) is 2.76. The first-order valence-electron chi connectivity index (χ1n) is 6.67. The lowest BCUT2D eigenvalue weighted by atomic mass is 9.96. The fourth-order valence-corrected chi connectivity index (χ4v) is 2.74. The van der Waals surface area contributed by atoms with E-state index >= 15 is 0 Å². The fourth-order valence-electron chi connectivity index (χ4n) is 2.74. The predicted molar refractivity (Wildman–Crippen MR) is 74.2 cm³/mol. The second kappa shape index (κ2) is 4.70. The van der Waals surface area contributed by atoms with Crippen LogP contribution in [0.4, 0.5) is 0 Å². The SMILES string of the molecule is Cc1cc(C(N)c2cccc3c2OCCC3)n(C)n1. The molecule has 3 rings (SSSR count). The van der Waals surface area contributed by atoms with Crippen molar-refractivity contribution in [1.82, 2.24) is 9.78 Å². The smallest absolute Gasteiger partial charge is 0.127 e. The molecule has 19 heavy (non-hydrogen) atoms. The van der Waals surface area contributed by atoms with Gasteiger partial charge in [0.25, 0.3) is 0 Å². The molecular formula is C15H19N3O. The van der Waals surface area contributed by atoms with Crippen molar-refractivity contribution < 1.29 is 4.74 Å². The standard InChI is InChI=1S/C15H19N3O/c1-10-9-13(18(2)17-10)14(16)12-7-3-5-11-6-4-8-19-15(11)12/h3,5,7,9,14H,4,6,8,16H2,1-2H3. The molecule has 2 N–H and O–H groups in total. The summed E-state index contributed by atoms with van der Waals surface area (Å²) in [5, 5.41) is 4.37. The van der Waals surface area contributed by atoms with Crippen LogP contribution in [0.5, 0.6) is 5.75 Å². The van der Waals surface area contributed by atoms with E-state index in [9.17, 15) is 0 Å². The minimum Gasteiger partial charge on any atom is -0.493 e. The number of aromatic nitrogens is 2. The first-order chi connectivity index (χ1) is 9.16. The van der Waals surface area contributed by atoms with Gasteiger partial charge in [-0.3, -0.25) is 4.68 Å². The van der Waals surface area contributed by atoms with Crippen LogP contribution >= 0.6 is 0 Å². The maximum atomic E-state index is 6.41. The minimum atomic E-state index is -0.195. The van der Waals surface area contributed by atoms with Gasteiger partial charge in [-0.05, 0) is 31.4 Å². The van der Waals surface area contributed by atoms with Crippen molar-refractivity contribution in [2.24, 2.45) is 12.8 Å². The summed E-state index contributed by atoms with van der Waals surface area (Å²) in [6.07, 6.45) is 2.15. The summed E-state index contributed by atoms with van der Waals surface area (Å²) < 4.78 is 7.68. The zero-order chi connectivity index (χ0) is 13.4. The number of nitrogens with two attached hydrogens (primary N) is 1. The number of benzene rings is 1. The van der Waals surface area contributed by atoms with Crippen LogP contribution in [-0.2, 0) is 13.5 Å². The maximum Gasteiger partial charge on any atom is 0.127 e. The van der Waals surface area contributed by atoms with Gasteiger partial charge in [-0.15, -0.1) is 0 Å². The number of para-hydroxylation sites is 1. The van der Waals surface area contributed by atoms with Crippen LogP contribution in [0, 0.1) is 6.92 Å². The normalized spacial score (nSPS) is 15.7. The fraction of sp³-hybridized carbons (Fsp3) is 0.400. The van der Waals surface area contributed by atoms with Crippen molar-refractivity contribution in [3.63, 3.8) is 0 Å². The highest BCUT2D eigenvalue weighted by molar-refractivity contribution is 5.46. The molecule has 1 aromatic carbocycles. The molecule has 0 saturated heterocycles. The summed E-state index contributed by atoms with van der Waals surface area (Å²) in [5.41, 5.74) is 10.7. The van der Waals surface area contributed by atoms with E-state index in [1.807, 2.05) is 24.7 Å². The van der Waals surface area contributed by atoms with Gasteiger partial charge in [0, 0.05) is 12.6 Å². The molecule has 1 aliphatic heterocycles. The molecule has 2 aromatic rings. The zero-order valence-corrected chi connectivity index (χ0v) is 11.4. The highest BCUT2D eigenvalue weighted by Crippen LogP contribution is 2.34. The molecule has 1 atom stereocenters. The van der Waals surface area contributed by atoms with Crippen LogP contribution in [0.1, 0.15) is 35.0 Å². The molecule has 1 aromatic heterocycles. The molecule has 100 valence electrons. The van der Waals surface area contributed by atoms with E-state index < -0.39 is 0 Å². The van der Waals surface area contributed by atoms with Gasteiger partial charge in [0.2, 0.25) is 0 Å². The Hall–Kier alpha value is -1.81. The Kier molecular flexibility index (Phi) is 3.03. The molecule has 0 spiro atoms. The summed E-state index contributed by atoms with van der Waals surface area (Å²) in [6, 6.07) is 8.08. The summed E-state index contributed by atoms with van der Waals surface area (Å²) in [5.74, 6) is 0.972. The number of hydrogen-bond donors (Lipinski definition) is 1. The van der Waals surface area contributed by atoms with E-state index in [-0.39, 0.29) is 6.04 Å². The summed E-state index contributed by atoms with van der Waals surface area (Å²) >= 11 is 0. The summed E-state index contributed by atoms with van der Waals surface area (Å²) in [6.45, 7) is 2.76. The van der Waals surface area contributed by atoms with Crippen molar-refractivity contribution in [1.29, 1.82) is 0 Å². The Bertz CT molecular complexity index is 603. The van der Waals surface area contributed by atoms with Gasteiger partial charge in [-0.1, -0.05) is 18.2 Å². The molecular weight excluding hydrogens is 238 g/mol. The molecule has 0 aliphatic carbocycles. The highest BCUT2D eigenvalue weighted by Gasteiger charge is 2.21. The van der Waals surface area contributed by atoms with Gasteiger partial charge < -0.3 is 10.5 Å². The lowest BCUT2D eigenvalue weighted by Gasteiger charge is -2.23. The number of rotatable bonds is 2. The Morgan fingerprint density at radius 3 is 3.00 bits per heavy atom. The number of fused-ring (bicyclic) bond motifs is 1. The van der Waals surface area contributed by atoms with Crippen LogP contribution in [0.2, 0.25) is 0 Å². The van der Waals surface area contributed by atoms with Crippen LogP contribution in [0.3, 0.4) is 0 Å². The van der Waals surface area contributed by atoms with Crippen molar-refractivity contribution in [3.05, 3.63) is 46.8 Å². The Morgan fingerprint density at radius 1 is 1.42 bits per heavy atom. The maximum absolute atomic E-state index is 6.41. The quantitative estimate of drug-likeness (QED) is 0.896. The van der Waals surface area contributed by atoms with E-state index in [1.54, 1.807) is 0 Å². The molecule has 1 unspecified atom stereocenters. The molecule has 2 heterocycles. The van der Waals surface area contributed by atoms with Crippen LogP contribution in [-0.4, -0.2) is 16.4 Å². The molecule has 4 heteroatoms. The summed E-state index contributed by atoms with van der Waals surface area (Å²) in [4.78, 5) is 0. The van der Waals surface area contributed by atoms with Crippen molar-refractivity contribution >= 4 is 0 Å². The third kappa shape index (κ3) is 2.12. The molecule has 0 bridgehead atoms. The topological polar surface area (TPSA) is 53.1 Å². The summed E-state index contributed by atoms with van der Waals surface area (Å²) in [7, 11) is 1.93. The van der Waals surface area contributed by atoms with Gasteiger partial charge in [0.1, 0.15) is 5.75 Å². The Labute approximate surface area is 113 Å². The van der Waals surface area contributed by atoms with Crippen LogP contribution < -0.4 is 10.5 Å². The van der Waals surface area contributed by atoms with Gasteiger partial charge >= 0.3 is 0 Å². The number of hydrogen-bond acceptors (Lipinski definition) is 3. The number of ether oxygens (including phenoxy) is 1. The van der Waals surface area contributed by atoms with Crippen molar-refractivity contribution in [3.8, 4) is 5.75 Å². The minimum absolute atomic E-state index is 0.195. The van der Waals surface area contributed by atoms with Crippen molar-refractivity contribution in [2.75, 3.05) is 6.61 Å². The monoisotopic (exact) mass is 257 g/mol.